The van der Waals surface area contributed by atoms with Crippen LogP contribution in [0, 0.1) is 0 Å². The van der Waals surface area contributed by atoms with Crippen LogP contribution < -0.4 is 15.5 Å². The molecule has 1 aliphatic carbocycles. The molecule has 1 aromatic rings. The van der Waals surface area contributed by atoms with Gasteiger partial charge in [-0.25, -0.2) is 4.79 Å². The molecule has 76 valence electrons. The molecule has 2 amide bonds. The van der Waals surface area contributed by atoms with Gasteiger partial charge in [-0.15, -0.1) is 0 Å². The topological polar surface area (TPSA) is 74.0 Å². The van der Waals surface area contributed by atoms with Gasteiger partial charge in [0, 0.05) is 17.1 Å². The molecule has 0 atom stereocenters. The summed E-state index contributed by atoms with van der Waals surface area (Å²) >= 11 is 1.10. The van der Waals surface area contributed by atoms with Crippen molar-refractivity contribution in [1.29, 1.82) is 0 Å². The Balaban J connectivity index is 1.75. The van der Waals surface area contributed by atoms with Gasteiger partial charge in [0.2, 0.25) is 0 Å². The van der Waals surface area contributed by atoms with Gasteiger partial charge in [-0.3, -0.25) is 4.79 Å². The zero-order valence-electron chi connectivity index (χ0n) is 7.50. The lowest BCUT2D eigenvalue weighted by molar-refractivity contribution is 0.240. The molecular weight excluding hydrogens is 202 g/mol. The summed E-state index contributed by atoms with van der Waals surface area (Å²) < 4.78 is 0. The summed E-state index contributed by atoms with van der Waals surface area (Å²) in [6.07, 6.45) is 2.14. The molecule has 1 fully saturated rings. The van der Waals surface area contributed by atoms with E-state index < -0.39 is 0 Å². The van der Waals surface area contributed by atoms with Crippen LogP contribution in [0.1, 0.15) is 18.5 Å². The third kappa shape index (κ3) is 2.59. The number of nitrogens with one attached hydrogen (secondary N) is 3. The molecule has 0 unspecified atom stereocenters. The molecule has 14 heavy (non-hydrogen) atoms. The third-order valence-corrected chi connectivity index (χ3v) is 2.64. The van der Waals surface area contributed by atoms with E-state index in [0.29, 0.717) is 12.6 Å². The fourth-order valence-electron chi connectivity index (χ4n) is 1.04. The summed E-state index contributed by atoms with van der Waals surface area (Å²) in [5.74, 6) is 0. The Morgan fingerprint density at radius 2 is 2.43 bits per heavy atom. The fourth-order valence-corrected chi connectivity index (χ4v) is 1.62. The quantitative estimate of drug-likeness (QED) is 0.680. The van der Waals surface area contributed by atoms with Crippen LogP contribution in [-0.2, 0) is 6.54 Å². The summed E-state index contributed by atoms with van der Waals surface area (Å²) in [4.78, 5) is 24.4. The second-order valence-corrected chi connectivity index (χ2v) is 4.12. The summed E-state index contributed by atoms with van der Waals surface area (Å²) in [6, 6.07) is 0.191. The number of aromatic nitrogens is 1. The zero-order valence-corrected chi connectivity index (χ0v) is 8.32. The monoisotopic (exact) mass is 213 g/mol. The maximum absolute atomic E-state index is 11.2. The van der Waals surface area contributed by atoms with E-state index in [4.69, 9.17) is 0 Å². The van der Waals surface area contributed by atoms with Crippen LogP contribution in [0.3, 0.4) is 0 Å². The van der Waals surface area contributed by atoms with Crippen LogP contribution in [0.2, 0.25) is 0 Å². The van der Waals surface area contributed by atoms with Crippen molar-refractivity contribution in [1.82, 2.24) is 15.6 Å². The van der Waals surface area contributed by atoms with E-state index in [0.717, 1.165) is 29.9 Å². The molecule has 1 heterocycles. The maximum atomic E-state index is 11.2. The number of aromatic amines is 1. The molecule has 1 aliphatic rings. The highest BCUT2D eigenvalue weighted by atomic mass is 32.1. The number of hydrogen-bond acceptors (Lipinski definition) is 3. The maximum Gasteiger partial charge on any atom is 0.315 e. The van der Waals surface area contributed by atoms with Gasteiger partial charge in [-0.05, 0) is 12.8 Å². The van der Waals surface area contributed by atoms with Gasteiger partial charge in [0.15, 0.2) is 0 Å². The van der Waals surface area contributed by atoms with Crippen LogP contribution >= 0.6 is 11.3 Å². The molecule has 0 bridgehead atoms. The lowest BCUT2D eigenvalue weighted by Crippen LogP contribution is -2.36. The SMILES string of the molecule is O=C(NCc1csc(=O)[nH]1)NC1CC1. The van der Waals surface area contributed by atoms with Gasteiger partial charge in [-0.2, -0.15) is 0 Å². The zero-order chi connectivity index (χ0) is 9.97. The Labute approximate surface area is 84.5 Å². The molecule has 5 nitrogen and oxygen atoms in total. The predicted octanol–water partition coefficient (Wildman–Crippen LogP) is 0.398. The number of carbonyl (C=O) groups is 1. The second-order valence-electron chi connectivity index (χ2n) is 3.27. The number of urea groups is 1. The molecule has 3 N–H and O–H groups in total. The van der Waals surface area contributed by atoms with Crippen molar-refractivity contribution in [2.75, 3.05) is 0 Å². The van der Waals surface area contributed by atoms with Crippen LogP contribution in [-0.4, -0.2) is 17.1 Å². The minimum Gasteiger partial charge on any atom is -0.335 e. The Kier molecular flexibility index (Phi) is 2.53. The van der Waals surface area contributed by atoms with E-state index in [1.54, 1.807) is 5.38 Å². The van der Waals surface area contributed by atoms with Crippen molar-refractivity contribution in [2.45, 2.75) is 25.4 Å². The van der Waals surface area contributed by atoms with Crippen molar-refractivity contribution >= 4 is 17.4 Å². The molecule has 0 radical (unpaired) electrons. The van der Waals surface area contributed by atoms with E-state index in [9.17, 15) is 9.59 Å². The van der Waals surface area contributed by atoms with Crippen LogP contribution in [0.5, 0.6) is 0 Å². The first-order chi connectivity index (χ1) is 6.74. The highest BCUT2D eigenvalue weighted by molar-refractivity contribution is 7.07. The minimum absolute atomic E-state index is 0.0931. The van der Waals surface area contributed by atoms with E-state index in [-0.39, 0.29) is 10.9 Å². The molecule has 0 spiro atoms. The average Bonchev–Trinajstić information content (AvgIpc) is 2.85. The molecular formula is C8H11N3O2S. The number of amides is 2. The number of carbonyl (C=O) groups excluding carboxylic acids is 1. The Hall–Kier alpha value is -1.30. The molecule has 6 heteroatoms. The van der Waals surface area contributed by atoms with Gasteiger partial charge < -0.3 is 15.6 Å². The molecule has 2 rings (SSSR count). The highest BCUT2D eigenvalue weighted by Crippen LogP contribution is 2.18. The van der Waals surface area contributed by atoms with Crippen molar-refractivity contribution in [3.63, 3.8) is 0 Å². The number of thiazole rings is 1. The van der Waals surface area contributed by atoms with Crippen LogP contribution in [0.25, 0.3) is 0 Å². The molecule has 0 aromatic carbocycles. The van der Waals surface area contributed by atoms with E-state index in [1.807, 2.05) is 0 Å². The summed E-state index contributed by atoms with van der Waals surface area (Å²) in [6.45, 7) is 0.372. The smallest absolute Gasteiger partial charge is 0.315 e. The minimum atomic E-state index is -0.167. The van der Waals surface area contributed by atoms with Crippen LogP contribution in [0.4, 0.5) is 4.79 Å². The number of rotatable bonds is 3. The molecule has 1 saturated carbocycles. The van der Waals surface area contributed by atoms with Gasteiger partial charge in [0.05, 0.1) is 6.54 Å². The summed E-state index contributed by atoms with van der Waals surface area (Å²) in [5, 5.41) is 7.17. The van der Waals surface area contributed by atoms with Gasteiger partial charge in [0.25, 0.3) is 0 Å². The third-order valence-electron chi connectivity index (χ3n) is 1.92. The van der Waals surface area contributed by atoms with Crippen molar-refractivity contribution in [3.05, 3.63) is 20.7 Å². The van der Waals surface area contributed by atoms with Crippen molar-refractivity contribution in [2.24, 2.45) is 0 Å². The number of H-pyrrole nitrogens is 1. The van der Waals surface area contributed by atoms with Crippen molar-refractivity contribution < 1.29 is 4.79 Å². The van der Waals surface area contributed by atoms with Gasteiger partial charge in [-0.1, -0.05) is 11.3 Å². The number of hydrogen-bond donors (Lipinski definition) is 3. The Morgan fingerprint density at radius 1 is 1.64 bits per heavy atom. The first-order valence-electron chi connectivity index (χ1n) is 4.45. The van der Waals surface area contributed by atoms with Gasteiger partial charge in [0.1, 0.15) is 0 Å². The first kappa shape index (κ1) is 9.26. The summed E-state index contributed by atoms with van der Waals surface area (Å²) in [5.41, 5.74) is 0.742. The Bertz CT molecular complexity index is 380. The van der Waals surface area contributed by atoms with E-state index in [1.165, 1.54) is 0 Å². The average molecular weight is 213 g/mol. The largest absolute Gasteiger partial charge is 0.335 e. The van der Waals surface area contributed by atoms with Crippen molar-refractivity contribution in [3.8, 4) is 0 Å². The van der Waals surface area contributed by atoms with Gasteiger partial charge >= 0.3 is 10.9 Å². The fraction of sp³-hybridized carbons (Fsp3) is 0.500. The van der Waals surface area contributed by atoms with E-state index in [2.05, 4.69) is 15.6 Å². The first-order valence-corrected chi connectivity index (χ1v) is 5.33. The molecule has 0 saturated heterocycles. The normalized spacial score (nSPS) is 15.1. The van der Waals surface area contributed by atoms with Crippen LogP contribution in [0.15, 0.2) is 10.2 Å². The van der Waals surface area contributed by atoms with E-state index >= 15 is 0 Å². The second kappa shape index (κ2) is 3.83. The highest BCUT2D eigenvalue weighted by Gasteiger charge is 2.22. The summed E-state index contributed by atoms with van der Waals surface area (Å²) in [7, 11) is 0. The standard InChI is InChI=1S/C8H11N3O2S/c12-7(10-5-1-2-5)9-3-6-4-14-8(13)11-6/h4-5H,1-3H2,(H,11,13)(H2,9,10,12). The molecule has 0 aliphatic heterocycles. The molecule has 1 aromatic heterocycles. The lowest BCUT2D eigenvalue weighted by Gasteiger charge is -2.04. The Morgan fingerprint density at radius 3 is 3.00 bits per heavy atom. The lowest BCUT2D eigenvalue weighted by atomic mass is 10.5. The predicted molar refractivity (Wildman–Crippen MR) is 53.3 cm³/mol.